The van der Waals surface area contributed by atoms with Gasteiger partial charge in [-0.15, -0.1) is 0 Å². The molecular formula is C33H25FN4O4. The Morgan fingerprint density at radius 1 is 1.05 bits per heavy atom. The van der Waals surface area contributed by atoms with Crippen molar-refractivity contribution < 1.29 is 23.8 Å². The van der Waals surface area contributed by atoms with E-state index >= 15 is 4.39 Å². The van der Waals surface area contributed by atoms with Gasteiger partial charge in [-0.1, -0.05) is 48.5 Å². The summed E-state index contributed by atoms with van der Waals surface area (Å²) in [5.41, 5.74) is 5.85. The van der Waals surface area contributed by atoms with E-state index in [0.717, 1.165) is 27.9 Å². The highest BCUT2D eigenvalue weighted by molar-refractivity contribution is 6.10. The van der Waals surface area contributed by atoms with Crippen LogP contribution in [0.1, 0.15) is 29.0 Å². The number of carbonyl (C=O) groups is 2. The fourth-order valence-electron chi connectivity index (χ4n) is 6.14. The summed E-state index contributed by atoms with van der Waals surface area (Å²) in [6.45, 7) is 0. The number of fused-ring (bicyclic) bond motifs is 2. The number of amides is 1. The van der Waals surface area contributed by atoms with E-state index in [9.17, 15) is 14.7 Å². The zero-order valence-electron chi connectivity index (χ0n) is 22.5. The maximum atomic E-state index is 15.4. The first-order chi connectivity index (χ1) is 20.4. The Kier molecular flexibility index (Phi) is 5.90. The van der Waals surface area contributed by atoms with Gasteiger partial charge in [-0.05, 0) is 64.6 Å². The van der Waals surface area contributed by atoms with Crippen LogP contribution in [0.4, 0.5) is 10.1 Å². The number of anilines is 1. The van der Waals surface area contributed by atoms with E-state index in [1.807, 2.05) is 54.6 Å². The van der Waals surface area contributed by atoms with Crippen molar-refractivity contribution in [2.24, 2.45) is 0 Å². The SMILES string of the molecule is COc1ccc(C2CC23C(=O)Nc2cc(F)c(-c4ccc(-c5ccc(-n6cncn6)cc5)cc4)cc23)cc1CC(=O)O. The third-order valence-electron chi connectivity index (χ3n) is 8.33. The lowest BCUT2D eigenvalue weighted by Gasteiger charge is -2.14. The quantitative estimate of drug-likeness (QED) is 0.262. The largest absolute Gasteiger partial charge is 0.496 e. The molecule has 0 bridgehead atoms. The Hall–Kier alpha value is -5.31. The molecule has 5 aromatic rings. The molecule has 2 atom stereocenters. The van der Waals surface area contributed by atoms with Crippen molar-refractivity contribution in [2.75, 3.05) is 12.4 Å². The highest BCUT2D eigenvalue weighted by atomic mass is 19.1. The minimum Gasteiger partial charge on any atom is -0.496 e. The molecule has 1 aliphatic heterocycles. The average Bonchev–Trinajstić information content (AvgIpc) is 3.38. The lowest BCUT2D eigenvalue weighted by Crippen LogP contribution is -2.21. The first-order valence-electron chi connectivity index (χ1n) is 13.5. The summed E-state index contributed by atoms with van der Waals surface area (Å²) in [5.74, 6) is -1.21. The number of rotatable bonds is 7. The minimum absolute atomic E-state index is 0.154. The summed E-state index contributed by atoms with van der Waals surface area (Å²) in [7, 11) is 1.50. The van der Waals surface area contributed by atoms with E-state index in [0.29, 0.717) is 34.5 Å². The van der Waals surface area contributed by atoms with Crippen LogP contribution < -0.4 is 10.1 Å². The van der Waals surface area contributed by atoms with Gasteiger partial charge in [0.25, 0.3) is 0 Å². The van der Waals surface area contributed by atoms with E-state index in [4.69, 9.17) is 4.74 Å². The number of carbonyl (C=O) groups excluding carboxylic acids is 1. The van der Waals surface area contributed by atoms with Crippen molar-refractivity contribution in [1.82, 2.24) is 14.8 Å². The molecule has 2 N–H and O–H groups in total. The van der Waals surface area contributed by atoms with Gasteiger partial charge < -0.3 is 15.2 Å². The zero-order chi connectivity index (χ0) is 29.0. The van der Waals surface area contributed by atoms with Crippen molar-refractivity contribution in [3.05, 3.63) is 114 Å². The average molecular weight is 561 g/mol. The summed E-state index contributed by atoms with van der Waals surface area (Å²) in [6.07, 6.45) is 3.50. The summed E-state index contributed by atoms with van der Waals surface area (Å²) in [6, 6.07) is 24.2. The third-order valence-corrected chi connectivity index (χ3v) is 8.33. The van der Waals surface area contributed by atoms with Gasteiger partial charge in [0.05, 0.1) is 24.6 Å². The molecule has 1 aliphatic carbocycles. The van der Waals surface area contributed by atoms with Gasteiger partial charge in [0, 0.05) is 22.7 Å². The molecule has 2 aliphatic rings. The number of nitrogens with zero attached hydrogens (tertiary/aromatic N) is 3. The van der Waals surface area contributed by atoms with Gasteiger partial charge >= 0.3 is 5.97 Å². The number of hydrogen-bond acceptors (Lipinski definition) is 5. The predicted molar refractivity (Wildman–Crippen MR) is 154 cm³/mol. The van der Waals surface area contributed by atoms with E-state index in [-0.39, 0.29) is 18.2 Å². The van der Waals surface area contributed by atoms with Crippen LogP contribution in [-0.4, -0.2) is 38.9 Å². The molecule has 2 unspecified atom stereocenters. The van der Waals surface area contributed by atoms with Crippen molar-refractivity contribution in [1.29, 1.82) is 0 Å². The second-order valence-corrected chi connectivity index (χ2v) is 10.7. The fraction of sp³-hybridized carbons (Fsp3) is 0.152. The number of hydrogen-bond donors (Lipinski definition) is 2. The van der Waals surface area contributed by atoms with Crippen LogP contribution in [0, 0.1) is 5.82 Å². The Bertz CT molecular complexity index is 1850. The van der Waals surface area contributed by atoms with Gasteiger partial charge in [-0.25, -0.2) is 14.1 Å². The van der Waals surface area contributed by atoms with E-state index in [2.05, 4.69) is 15.4 Å². The van der Waals surface area contributed by atoms with Gasteiger partial charge in [-0.3, -0.25) is 9.59 Å². The number of ether oxygens (including phenoxy) is 1. The molecular weight excluding hydrogens is 535 g/mol. The highest BCUT2D eigenvalue weighted by Crippen LogP contribution is 2.65. The highest BCUT2D eigenvalue weighted by Gasteiger charge is 2.65. The van der Waals surface area contributed by atoms with Crippen molar-refractivity contribution in [3.63, 3.8) is 0 Å². The molecule has 4 aromatic carbocycles. The van der Waals surface area contributed by atoms with Crippen LogP contribution in [0.25, 0.3) is 27.9 Å². The zero-order valence-corrected chi connectivity index (χ0v) is 22.5. The van der Waals surface area contributed by atoms with Crippen molar-refractivity contribution in [3.8, 4) is 33.7 Å². The topological polar surface area (TPSA) is 106 Å². The van der Waals surface area contributed by atoms with E-state index in [1.54, 1.807) is 29.2 Å². The van der Waals surface area contributed by atoms with Gasteiger partial charge in [0.2, 0.25) is 5.91 Å². The number of aromatic nitrogens is 3. The second-order valence-electron chi connectivity index (χ2n) is 10.7. The number of carboxylic acids is 1. The Morgan fingerprint density at radius 2 is 1.76 bits per heavy atom. The molecule has 7 rings (SSSR count). The molecule has 42 heavy (non-hydrogen) atoms. The molecule has 1 saturated carbocycles. The number of benzene rings is 4. The lowest BCUT2D eigenvalue weighted by atomic mass is 9.89. The van der Waals surface area contributed by atoms with Crippen LogP contribution in [-0.2, 0) is 21.4 Å². The van der Waals surface area contributed by atoms with Crippen LogP contribution in [0.2, 0.25) is 0 Å². The molecule has 208 valence electrons. The molecule has 8 nitrogen and oxygen atoms in total. The molecule has 1 aromatic heterocycles. The number of carboxylic acid groups (broad SMARTS) is 1. The third kappa shape index (κ3) is 4.13. The Balaban J connectivity index is 1.19. The Labute approximate surface area is 240 Å². The lowest BCUT2D eigenvalue weighted by molar-refractivity contribution is -0.136. The first-order valence-corrected chi connectivity index (χ1v) is 13.5. The number of methoxy groups -OCH3 is 1. The van der Waals surface area contributed by atoms with Gasteiger partial charge in [0.15, 0.2) is 0 Å². The van der Waals surface area contributed by atoms with E-state index < -0.39 is 17.2 Å². The molecule has 9 heteroatoms. The summed E-state index contributed by atoms with van der Waals surface area (Å²) in [5, 5.41) is 16.4. The monoisotopic (exact) mass is 560 g/mol. The molecule has 0 saturated heterocycles. The molecule has 0 radical (unpaired) electrons. The predicted octanol–water partition coefficient (Wildman–Crippen LogP) is 5.75. The summed E-state index contributed by atoms with van der Waals surface area (Å²) >= 11 is 0. The molecule has 2 heterocycles. The molecule has 1 amide bonds. The van der Waals surface area contributed by atoms with Crippen LogP contribution in [0.5, 0.6) is 5.75 Å². The van der Waals surface area contributed by atoms with E-state index in [1.165, 1.54) is 19.5 Å². The maximum absolute atomic E-state index is 15.4. The van der Waals surface area contributed by atoms with Crippen molar-refractivity contribution >= 4 is 17.6 Å². The molecule has 1 fully saturated rings. The standard InChI is InChI=1S/C33H25FN4O4/c1-42-30-11-8-22(12-23(30)13-31(39)40)27-16-33(27)26-14-25(28(34)15-29(26)37-32(33)41)21-4-2-19(3-5-21)20-6-9-24(10-7-20)38-18-35-17-36-38/h2-12,14-15,17-18,27H,13,16H2,1H3,(H,37,41)(H,39,40). The van der Waals surface area contributed by atoms with Crippen LogP contribution >= 0.6 is 0 Å². The number of halogens is 1. The maximum Gasteiger partial charge on any atom is 0.307 e. The summed E-state index contributed by atoms with van der Waals surface area (Å²) in [4.78, 5) is 28.7. The van der Waals surface area contributed by atoms with Crippen LogP contribution in [0.3, 0.4) is 0 Å². The number of aliphatic carboxylic acids is 1. The van der Waals surface area contributed by atoms with Gasteiger partial charge in [0.1, 0.15) is 24.2 Å². The van der Waals surface area contributed by atoms with Gasteiger partial charge in [-0.2, -0.15) is 5.10 Å². The number of nitrogens with one attached hydrogen (secondary N) is 1. The molecule has 1 spiro atoms. The Morgan fingerprint density at radius 3 is 2.43 bits per heavy atom. The second kappa shape index (κ2) is 9.66. The fourth-order valence-corrected chi connectivity index (χ4v) is 6.14. The minimum atomic E-state index is -0.963. The van der Waals surface area contributed by atoms with Crippen LogP contribution in [0.15, 0.2) is 91.5 Å². The normalized spacial score (nSPS) is 18.5. The van der Waals surface area contributed by atoms with Crippen molar-refractivity contribution in [2.45, 2.75) is 24.2 Å². The smallest absolute Gasteiger partial charge is 0.307 e. The first kappa shape index (κ1) is 25.6. The summed E-state index contributed by atoms with van der Waals surface area (Å²) < 4.78 is 22.4.